The number of nitrogens with zero attached hydrogens (tertiary/aromatic N) is 9. The summed E-state index contributed by atoms with van der Waals surface area (Å²) in [6.45, 7) is 4.58. The molecule has 0 bridgehead atoms. The number of carbonyl (C=O) groups is 1. The molecule has 0 atom stereocenters. The van der Waals surface area contributed by atoms with Gasteiger partial charge in [0.2, 0.25) is 5.82 Å². The first-order valence-corrected chi connectivity index (χ1v) is 14.4. The van der Waals surface area contributed by atoms with E-state index >= 15 is 0 Å². The zero-order valence-electron chi connectivity index (χ0n) is 23.0. The molecular weight excluding hydrogens is 549 g/mol. The van der Waals surface area contributed by atoms with Crippen molar-refractivity contribution >= 4 is 16.9 Å². The van der Waals surface area contributed by atoms with E-state index < -0.39 is 17.9 Å². The van der Waals surface area contributed by atoms with Gasteiger partial charge in [-0.2, -0.15) is 18.3 Å². The zero-order valence-corrected chi connectivity index (χ0v) is 23.0. The summed E-state index contributed by atoms with van der Waals surface area (Å²) in [5.74, 6) is -1.71. The minimum absolute atomic E-state index is 0.177. The summed E-state index contributed by atoms with van der Waals surface area (Å²) in [5.41, 5.74) is 2.63. The molecule has 220 valence electrons. The Morgan fingerprint density at radius 1 is 1.02 bits per heavy atom. The number of carbonyl (C=O) groups excluding carboxylic acids is 1. The van der Waals surface area contributed by atoms with E-state index in [1.165, 1.54) is 6.07 Å². The van der Waals surface area contributed by atoms with Crippen LogP contribution >= 0.6 is 0 Å². The smallest absolute Gasteiger partial charge is 0.346 e. The third kappa shape index (κ3) is 5.24. The van der Waals surface area contributed by atoms with Gasteiger partial charge in [0.25, 0.3) is 5.91 Å². The van der Waals surface area contributed by atoms with Crippen molar-refractivity contribution in [1.82, 2.24) is 49.4 Å². The summed E-state index contributed by atoms with van der Waals surface area (Å²) in [6.07, 6.45) is 6.06. The first-order chi connectivity index (χ1) is 20.3. The van der Waals surface area contributed by atoms with Crippen LogP contribution in [0.25, 0.3) is 22.3 Å². The molecule has 0 aliphatic carbocycles. The summed E-state index contributed by atoms with van der Waals surface area (Å²) in [4.78, 5) is 38.5. The molecule has 4 aromatic heterocycles. The number of fused-ring (bicyclic) bond motifs is 1. The fourth-order valence-electron chi connectivity index (χ4n) is 6.30. The lowest BCUT2D eigenvalue weighted by Crippen LogP contribution is -2.56. The molecule has 0 spiro atoms. The number of halogens is 3. The van der Waals surface area contributed by atoms with Crippen molar-refractivity contribution in [2.45, 2.75) is 50.5 Å². The Kier molecular flexibility index (Phi) is 6.89. The van der Waals surface area contributed by atoms with Gasteiger partial charge in [0.15, 0.2) is 0 Å². The molecule has 42 heavy (non-hydrogen) atoms. The highest BCUT2D eigenvalue weighted by Gasteiger charge is 2.38. The van der Waals surface area contributed by atoms with E-state index in [1.807, 2.05) is 29.3 Å². The van der Waals surface area contributed by atoms with Gasteiger partial charge in [-0.05, 0) is 50.9 Å². The number of aromatic amines is 1. The molecule has 7 rings (SSSR count). The van der Waals surface area contributed by atoms with E-state index in [0.717, 1.165) is 74.2 Å². The number of piperidine rings is 1. The van der Waals surface area contributed by atoms with Crippen LogP contribution < -0.4 is 0 Å². The van der Waals surface area contributed by atoms with Crippen LogP contribution in [0.1, 0.15) is 53.7 Å². The third-order valence-corrected chi connectivity index (χ3v) is 8.60. The van der Waals surface area contributed by atoms with Crippen LogP contribution in [-0.2, 0) is 12.7 Å². The highest BCUT2D eigenvalue weighted by molar-refractivity contribution is 5.92. The molecule has 1 N–H and O–H groups in total. The van der Waals surface area contributed by atoms with Crippen LogP contribution in [0.4, 0.5) is 13.2 Å². The van der Waals surface area contributed by atoms with E-state index in [4.69, 9.17) is 0 Å². The molecule has 3 aliphatic heterocycles. The number of alkyl halides is 3. The van der Waals surface area contributed by atoms with Crippen LogP contribution in [0.3, 0.4) is 0 Å². The summed E-state index contributed by atoms with van der Waals surface area (Å²) in [6, 6.07) is 3.95. The van der Waals surface area contributed by atoms with Crippen molar-refractivity contribution in [2.24, 2.45) is 0 Å². The first-order valence-electron chi connectivity index (χ1n) is 14.4. The van der Waals surface area contributed by atoms with Gasteiger partial charge in [-0.1, -0.05) is 0 Å². The molecule has 0 saturated carbocycles. The van der Waals surface area contributed by atoms with Crippen LogP contribution in [0.2, 0.25) is 0 Å². The maximum Gasteiger partial charge on any atom is 0.451 e. The Labute approximate surface area is 239 Å². The SMILES string of the molecule is O=C(c1cc(CN2CCCC2)nc(C(F)(F)F)n1)N1CCC(N2CC(n3cc(-c4ncnc5[nH]ccc45)cn3)C2)CC1. The summed E-state index contributed by atoms with van der Waals surface area (Å²) in [7, 11) is 0. The average Bonchev–Trinajstić information content (AvgIpc) is 3.74. The van der Waals surface area contributed by atoms with Gasteiger partial charge in [-0.3, -0.25) is 19.3 Å². The van der Waals surface area contributed by atoms with Crippen molar-refractivity contribution < 1.29 is 18.0 Å². The Hall–Kier alpha value is -3.91. The van der Waals surface area contributed by atoms with E-state index in [-0.39, 0.29) is 24.0 Å². The molecule has 0 aromatic carbocycles. The first kappa shape index (κ1) is 27.0. The van der Waals surface area contributed by atoms with Gasteiger partial charge in [-0.25, -0.2) is 19.9 Å². The molecule has 0 unspecified atom stereocenters. The van der Waals surface area contributed by atoms with Crippen LogP contribution in [-0.4, -0.2) is 101 Å². The number of hydrogen-bond donors (Lipinski definition) is 1. The van der Waals surface area contributed by atoms with Crippen LogP contribution in [0.15, 0.2) is 37.1 Å². The van der Waals surface area contributed by atoms with E-state index in [2.05, 4.69) is 39.8 Å². The Bertz CT molecular complexity index is 1580. The Balaban J connectivity index is 0.959. The highest BCUT2D eigenvalue weighted by atomic mass is 19.4. The predicted molar refractivity (Wildman–Crippen MR) is 146 cm³/mol. The quantitative estimate of drug-likeness (QED) is 0.370. The lowest BCUT2D eigenvalue weighted by atomic mass is 9.97. The molecule has 14 heteroatoms. The number of H-pyrrole nitrogens is 1. The Morgan fingerprint density at radius 3 is 2.57 bits per heavy atom. The summed E-state index contributed by atoms with van der Waals surface area (Å²) < 4.78 is 42.7. The molecule has 4 aromatic rings. The molecule has 3 fully saturated rings. The number of nitrogens with one attached hydrogen (secondary N) is 1. The standard InChI is InChI=1S/C28H31F3N10O/c29-28(30,31)27-36-19(14-38-7-1-2-8-38)11-23(37-27)26(42)39-9-4-20(5-10-39)40-15-21(16-40)41-13-18(12-35-41)24-22-3-6-32-25(22)34-17-33-24/h3,6,11-13,17,20-21H,1-2,4-5,7-10,14-16H2,(H,32,33,34). The Morgan fingerprint density at radius 2 is 1.81 bits per heavy atom. The van der Waals surface area contributed by atoms with Crippen molar-refractivity contribution in [2.75, 3.05) is 39.3 Å². The maximum atomic E-state index is 13.6. The van der Waals surface area contributed by atoms with Crippen molar-refractivity contribution in [1.29, 1.82) is 0 Å². The highest BCUT2D eigenvalue weighted by Crippen LogP contribution is 2.31. The van der Waals surface area contributed by atoms with E-state index in [0.29, 0.717) is 19.1 Å². The molecule has 3 aliphatic rings. The molecule has 1 amide bonds. The fourth-order valence-corrected chi connectivity index (χ4v) is 6.30. The third-order valence-electron chi connectivity index (χ3n) is 8.60. The van der Waals surface area contributed by atoms with Crippen LogP contribution in [0, 0.1) is 0 Å². The van der Waals surface area contributed by atoms with Gasteiger partial charge in [0.05, 0.1) is 23.6 Å². The van der Waals surface area contributed by atoms with Gasteiger partial charge in [0, 0.05) is 62.1 Å². The molecule has 0 radical (unpaired) electrons. The second-order valence-electron chi connectivity index (χ2n) is 11.4. The zero-order chi connectivity index (χ0) is 28.8. The second-order valence-corrected chi connectivity index (χ2v) is 11.4. The minimum Gasteiger partial charge on any atom is -0.346 e. The van der Waals surface area contributed by atoms with Gasteiger partial charge >= 0.3 is 6.18 Å². The fraction of sp³-hybridized carbons (Fsp3) is 0.500. The topological polar surface area (TPSA) is 112 Å². The predicted octanol–water partition coefficient (Wildman–Crippen LogP) is 3.39. The number of aromatic nitrogens is 7. The van der Waals surface area contributed by atoms with Crippen molar-refractivity contribution in [3.05, 3.63) is 54.3 Å². The second kappa shape index (κ2) is 10.7. The lowest BCUT2D eigenvalue weighted by Gasteiger charge is -2.47. The largest absolute Gasteiger partial charge is 0.451 e. The van der Waals surface area contributed by atoms with Gasteiger partial charge < -0.3 is 9.88 Å². The number of hydrogen-bond acceptors (Lipinski definition) is 8. The molecule has 7 heterocycles. The molecule has 11 nitrogen and oxygen atoms in total. The summed E-state index contributed by atoms with van der Waals surface area (Å²) >= 11 is 0. The van der Waals surface area contributed by atoms with E-state index in [9.17, 15) is 18.0 Å². The van der Waals surface area contributed by atoms with Gasteiger partial charge in [-0.15, -0.1) is 0 Å². The molecule has 3 saturated heterocycles. The normalized spacial score (nSPS) is 19.5. The number of amides is 1. The van der Waals surface area contributed by atoms with Gasteiger partial charge in [0.1, 0.15) is 17.7 Å². The van der Waals surface area contributed by atoms with E-state index in [1.54, 1.807) is 11.2 Å². The van der Waals surface area contributed by atoms with Crippen molar-refractivity contribution in [3.8, 4) is 11.3 Å². The molecular formula is C28H31F3N10O. The monoisotopic (exact) mass is 580 g/mol. The minimum atomic E-state index is -4.71. The number of likely N-dealkylation sites (tertiary alicyclic amines) is 3. The lowest BCUT2D eigenvalue weighted by molar-refractivity contribution is -0.145. The van der Waals surface area contributed by atoms with Crippen molar-refractivity contribution in [3.63, 3.8) is 0 Å². The maximum absolute atomic E-state index is 13.6. The summed E-state index contributed by atoms with van der Waals surface area (Å²) in [5, 5.41) is 5.54. The number of rotatable bonds is 6. The average molecular weight is 581 g/mol. The van der Waals surface area contributed by atoms with Crippen LogP contribution in [0.5, 0.6) is 0 Å².